The van der Waals surface area contributed by atoms with E-state index in [9.17, 15) is 4.79 Å². The van der Waals surface area contributed by atoms with E-state index in [0.717, 1.165) is 49.2 Å². The molecule has 1 aliphatic heterocycles. The largest absolute Gasteiger partial charge is 0.361 e. The SMILES string of the molecule is CCc1noc(CC)c1CC(=O)N1CCC[C@H]1Cn1ccnn1. The summed E-state index contributed by atoms with van der Waals surface area (Å²) >= 11 is 0. The number of rotatable bonds is 6. The molecule has 1 fully saturated rings. The van der Waals surface area contributed by atoms with Gasteiger partial charge in [0.15, 0.2) is 0 Å². The predicted molar refractivity (Wildman–Crippen MR) is 83.7 cm³/mol. The van der Waals surface area contributed by atoms with Crippen molar-refractivity contribution in [3.05, 3.63) is 29.4 Å². The van der Waals surface area contributed by atoms with Crippen LogP contribution in [0.5, 0.6) is 0 Å². The third-order valence-electron chi connectivity index (χ3n) is 4.50. The average Bonchev–Trinajstić information content (AvgIpc) is 3.28. The second-order valence-electron chi connectivity index (χ2n) is 5.92. The fourth-order valence-electron chi connectivity index (χ4n) is 3.29. The Morgan fingerprint density at radius 3 is 2.96 bits per heavy atom. The Hall–Kier alpha value is -2.18. The molecule has 0 bridgehead atoms. The number of hydrogen-bond acceptors (Lipinski definition) is 5. The molecule has 23 heavy (non-hydrogen) atoms. The topological polar surface area (TPSA) is 77.0 Å². The van der Waals surface area contributed by atoms with Crippen LogP contribution in [-0.2, 0) is 30.6 Å². The van der Waals surface area contributed by atoms with E-state index in [0.29, 0.717) is 13.0 Å². The number of nitrogens with zero attached hydrogens (tertiary/aromatic N) is 5. The van der Waals surface area contributed by atoms with Gasteiger partial charge in [-0.2, -0.15) is 0 Å². The van der Waals surface area contributed by atoms with Gasteiger partial charge in [-0.15, -0.1) is 5.10 Å². The van der Waals surface area contributed by atoms with Crippen molar-refractivity contribution in [2.45, 2.75) is 58.5 Å². The summed E-state index contributed by atoms with van der Waals surface area (Å²) in [6.45, 7) is 5.58. The van der Waals surface area contributed by atoms with Gasteiger partial charge in [0.05, 0.1) is 30.9 Å². The third kappa shape index (κ3) is 3.28. The normalized spacial score (nSPS) is 17.8. The van der Waals surface area contributed by atoms with Crippen molar-refractivity contribution >= 4 is 5.91 Å². The monoisotopic (exact) mass is 317 g/mol. The molecule has 1 saturated heterocycles. The molecule has 0 spiro atoms. The highest BCUT2D eigenvalue weighted by atomic mass is 16.5. The first-order valence-electron chi connectivity index (χ1n) is 8.32. The zero-order valence-electron chi connectivity index (χ0n) is 13.7. The molecular formula is C16H23N5O2. The van der Waals surface area contributed by atoms with Crippen LogP contribution in [0.2, 0.25) is 0 Å². The Labute approximate surface area is 135 Å². The fourth-order valence-corrected chi connectivity index (χ4v) is 3.29. The molecule has 0 N–H and O–H groups in total. The average molecular weight is 317 g/mol. The summed E-state index contributed by atoms with van der Waals surface area (Å²) in [5.41, 5.74) is 1.88. The van der Waals surface area contributed by atoms with E-state index in [1.807, 2.05) is 24.9 Å². The van der Waals surface area contributed by atoms with Crippen LogP contribution in [0.3, 0.4) is 0 Å². The van der Waals surface area contributed by atoms with E-state index >= 15 is 0 Å². The first-order valence-corrected chi connectivity index (χ1v) is 8.32. The molecule has 0 aromatic carbocycles. The van der Waals surface area contributed by atoms with Gasteiger partial charge < -0.3 is 9.42 Å². The number of carbonyl (C=O) groups is 1. The van der Waals surface area contributed by atoms with Crippen molar-refractivity contribution in [2.75, 3.05) is 6.54 Å². The lowest BCUT2D eigenvalue weighted by Gasteiger charge is -2.24. The van der Waals surface area contributed by atoms with Crippen LogP contribution in [0.4, 0.5) is 0 Å². The highest BCUT2D eigenvalue weighted by Crippen LogP contribution is 2.22. The molecule has 1 atom stereocenters. The first-order chi connectivity index (χ1) is 11.2. The maximum atomic E-state index is 12.8. The maximum absolute atomic E-state index is 12.8. The van der Waals surface area contributed by atoms with Gasteiger partial charge in [-0.1, -0.05) is 24.2 Å². The van der Waals surface area contributed by atoms with Gasteiger partial charge in [-0.25, -0.2) is 0 Å². The molecule has 0 radical (unpaired) electrons. The number of likely N-dealkylation sites (tertiary alicyclic amines) is 1. The van der Waals surface area contributed by atoms with Crippen molar-refractivity contribution in [2.24, 2.45) is 0 Å². The number of aromatic nitrogens is 4. The molecule has 0 saturated carbocycles. The van der Waals surface area contributed by atoms with Crippen molar-refractivity contribution < 1.29 is 9.32 Å². The molecule has 3 heterocycles. The minimum absolute atomic E-state index is 0.153. The highest BCUT2D eigenvalue weighted by molar-refractivity contribution is 5.79. The molecule has 0 aliphatic carbocycles. The second kappa shape index (κ2) is 6.93. The van der Waals surface area contributed by atoms with Gasteiger partial charge in [-0.05, 0) is 19.3 Å². The summed E-state index contributed by atoms with van der Waals surface area (Å²) in [6, 6.07) is 0.194. The summed E-state index contributed by atoms with van der Waals surface area (Å²) in [4.78, 5) is 14.8. The lowest BCUT2D eigenvalue weighted by molar-refractivity contribution is -0.131. The molecule has 1 aliphatic rings. The zero-order valence-corrected chi connectivity index (χ0v) is 13.7. The molecule has 124 valence electrons. The molecule has 3 rings (SSSR count). The molecule has 7 nitrogen and oxygen atoms in total. The van der Waals surface area contributed by atoms with E-state index in [4.69, 9.17) is 4.52 Å². The van der Waals surface area contributed by atoms with Crippen LogP contribution >= 0.6 is 0 Å². The number of amides is 1. The van der Waals surface area contributed by atoms with Crippen LogP contribution in [0.15, 0.2) is 16.9 Å². The van der Waals surface area contributed by atoms with E-state index in [1.165, 1.54) is 0 Å². The van der Waals surface area contributed by atoms with E-state index in [-0.39, 0.29) is 11.9 Å². The van der Waals surface area contributed by atoms with Gasteiger partial charge in [0.2, 0.25) is 5.91 Å². The van der Waals surface area contributed by atoms with Gasteiger partial charge in [0.1, 0.15) is 5.76 Å². The zero-order chi connectivity index (χ0) is 16.2. The van der Waals surface area contributed by atoms with Crippen molar-refractivity contribution in [1.29, 1.82) is 0 Å². The minimum Gasteiger partial charge on any atom is -0.361 e. The second-order valence-corrected chi connectivity index (χ2v) is 5.92. The van der Waals surface area contributed by atoms with Crippen molar-refractivity contribution in [3.63, 3.8) is 0 Å². The van der Waals surface area contributed by atoms with Gasteiger partial charge >= 0.3 is 0 Å². The molecule has 0 unspecified atom stereocenters. The quantitative estimate of drug-likeness (QED) is 0.809. The first kappa shape index (κ1) is 15.7. The number of carbonyl (C=O) groups excluding carboxylic acids is 1. The van der Waals surface area contributed by atoms with Gasteiger partial charge in [-0.3, -0.25) is 9.48 Å². The van der Waals surface area contributed by atoms with Crippen molar-refractivity contribution in [3.8, 4) is 0 Å². The lowest BCUT2D eigenvalue weighted by atomic mass is 10.1. The molecular weight excluding hydrogens is 294 g/mol. The standard InChI is InChI=1S/C16H23N5O2/c1-3-14-13(15(4-2)23-18-14)10-16(22)21-8-5-6-12(21)11-20-9-7-17-19-20/h7,9,12H,3-6,8,10-11H2,1-2H3/t12-/m0/s1. The summed E-state index contributed by atoms with van der Waals surface area (Å²) < 4.78 is 7.16. The van der Waals surface area contributed by atoms with Crippen LogP contribution in [0.25, 0.3) is 0 Å². The summed E-state index contributed by atoms with van der Waals surface area (Å²) in [7, 11) is 0. The van der Waals surface area contributed by atoms with Gasteiger partial charge in [0.25, 0.3) is 0 Å². The molecule has 7 heteroatoms. The summed E-state index contributed by atoms with van der Waals surface area (Å²) in [6.07, 6.45) is 7.48. The van der Waals surface area contributed by atoms with Crippen LogP contribution in [0, 0.1) is 0 Å². The molecule has 2 aromatic rings. The Bertz CT molecular complexity index is 628. The lowest BCUT2D eigenvalue weighted by Crippen LogP contribution is -2.39. The fraction of sp³-hybridized carbons (Fsp3) is 0.625. The Morgan fingerprint density at radius 2 is 2.26 bits per heavy atom. The predicted octanol–water partition coefficient (Wildman–Crippen LogP) is 1.62. The van der Waals surface area contributed by atoms with Crippen LogP contribution in [0.1, 0.15) is 43.7 Å². The van der Waals surface area contributed by atoms with E-state index in [2.05, 4.69) is 15.5 Å². The minimum atomic E-state index is 0.153. The van der Waals surface area contributed by atoms with Crippen LogP contribution in [-0.4, -0.2) is 43.5 Å². The summed E-state index contributed by atoms with van der Waals surface area (Å²) in [5.74, 6) is 0.988. The maximum Gasteiger partial charge on any atom is 0.227 e. The van der Waals surface area contributed by atoms with Gasteiger partial charge in [0, 0.05) is 24.7 Å². The van der Waals surface area contributed by atoms with E-state index < -0.39 is 0 Å². The third-order valence-corrected chi connectivity index (χ3v) is 4.50. The Balaban J connectivity index is 1.71. The Kier molecular flexibility index (Phi) is 4.73. The van der Waals surface area contributed by atoms with Crippen LogP contribution < -0.4 is 0 Å². The Morgan fingerprint density at radius 1 is 1.39 bits per heavy atom. The van der Waals surface area contributed by atoms with E-state index in [1.54, 1.807) is 10.9 Å². The molecule has 1 amide bonds. The number of hydrogen-bond donors (Lipinski definition) is 0. The molecule has 2 aromatic heterocycles. The smallest absolute Gasteiger partial charge is 0.227 e. The van der Waals surface area contributed by atoms with Crippen molar-refractivity contribution in [1.82, 2.24) is 25.1 Å². The number of aryl methyl sites for hydroxylation is 2. The summed E-state index contributed by atoms with van der Waals surface area (Å²) in [5, 5.41) is 11.9. The highest BCUT2D eigenvalue weighted by Gasteiger charge is 2.30.